The van der Waals surface area contributed by atoms with Gasteiger partial charge in [0, 0.05) is 25.6 Å². The van der Waals surface area contributed by atoms with Crippen LogP contribution < -0.4 is 15.4 Å². The largest absolute Gasteiger partial charge is 0.497 e. The van der Waals surface area contributed by atoms with Gasteiger partial charge in [0.1, 0.15) is 5.75 Å². The summed E-state index contributed by atoms with van der Waals surface area (Å²) in [5.74, 6) is 1.20. The molecule has 0 saturated carbocycles. The zero-order chi connectivity index (χ0) is 17.7. The van der Waals surface area contributed by atoms with Crippen molar-refractivity contribution in [2.75, 3.05) is 39.8 Å². The van der Waals surface area contributed by atoms with Crippen LogP contribution in [-0.2, 0) is 11.3 Å². The Kier molecular flexibility index (Phi) is 7.74. The predicted molar refractivity (Wildman–Crippen MR) is 107 cm³/mol. The van der Waals surface area contributed by atoms with Crippen molar-refractivity contribution in [2.45, 2.75) is 32.7 Å². The van der Waals surface area contributed by atoms with Gasteiger partial charge in [-0.05, 0) is 62.0 Å². The molecule has 2 aliphatic rings. The van der Waals surface area contributed by atoms with Gasteiger partial charge in [-0.3, -0.25) is 4.79 Å². The van der Waals surface area contributed by atoms with E-state index in [1.807, 2.05) is 24.3 Å². The highest BCUT2D eigenvalue weighted by Gasteiger charge is 2.33. The highest BCUT2D eigenvalue weighted by Crippen LogP contribution is 2.28. The number of ether oxygens (including phenoxy) is 1. The Morgan fingerprint density at radius 2 is 2.00 bits per heavy atom. The molecule has 0 aliphatic carbocycles. The van der Waals surface area contributed by atoms with E-state index in [1.54, 1.807) is 7.11 Å². The first-order valence-electron chi connectivity index (χ1n) is 9.42. The van der Waals surface area contributed by atoms with Gasteiger partial charge in [0.25, 0.3) is 0 Å². The predicted octanol–water partition coefficient (Wildman–Crippen LogP) is 2.44. The average molecular weight is 382 g/mol. The maximum Gasteiger partial charge on any atom is 0.223 e. The van der Waals surface area contributed by atoms with Crippen molar-refractivity contribution in [3.63, 3.8) is 0 Å². The van der Waals surface area contributed by atoms with Crippen LogP contribution in [-0.4, -0.2) is 50.6 Å². The van der Waals surface area contributed by atoms with Crippen LogP contribution in [0.5, 0.6) is 5.75 Å². The minimum atomic E-state index is 0. The summed E-state index contributed by atoms with van der Waals surface area (Å²) in [6.07, 6.45) is 3.20. The highest BCUT2D eigenvalue weighted by molar-refractivity contribution is 5.85. The molecule has 0 bridgehead atoms. The van der Waals surface area contributed by atoms with Gasteiger partial charge in [0.2, 0.25) is 5.91 Å². The summed E-state index contributed by atoms with van der Waals surface area (Å²) in [5, 5.41) is 6.56. The number of nitrogens with one attached hydrogen (secondary N) is 2. The summed E-state index contributed by atoms with van der Waals surface area (Å²) in [6, 6.07) is 7.85. The fraction of sp³-hybridized carbons (Fsp3) is 0.650. The third kappa shape index (κ3) is 5.60. The van der Waals surface area contributed by atoms with Gasteiger partial charge in [0.05, 0.1) is 7.11 Å². The van der Waals surface area contributed by atoms with E-state index < -0.39 is 0 Å². The molecule has 1 atom stereocenters. The van der Waals surface area contributed by atoms with Gasteiger partial charge in [0.15, 0.2) is 0 Å². The van der Waals surface area contributed by atoms with Crippen molar-refractivity contribution in [3.8, 4) is 5.75 Å². The summed E-state index contributed by atoms with van der Waals surface area (Å²) in [5.41, 5.74) is 1.51. The van der Waals surface area contributed by atoms with E-state index in [-0.39, 0.29) is 24.2 Å². The normalized spacial score (nSPS) is 24.1. The van der Waals surface area contributed by atoms with Gasteiger partial charge < -0.3 is 20.3 Å². The molecule has 1 amide bonds. The monoisotopic (exact) mass is 381 g/mol. The minimum absolute atomic E-state index is 0. The van der Waals surface area contributed by atoms with E-state index in [0.717, 1.165) is 56.9 Å². The van der Waals surface area contributed by atoms with E-state index in [0.29, 0.717) is 12.0 Å². The van der Waals surface area contributed by atoms with Crippen molar-refractivity contribution in [1.29, 1.82) is 0 Å². The SMILES string of the molecule is COc1ccc(CNC(=O)C2CCN(CC3(C)CCNC3)CC2)cc1.Cl. The number of likely N-dealkylation sites (tertiary alicyclic amines) is 1. The Morgan fingerprint density at radius 3 is 2.58 bits per heavy atom. The third-order valence-electron chi connectivity index (χ3n) is 5.65. The lowest BCUT2D eigenvalue weighted by molar-refractivity contribution is -0.126. The summed E-state index contributed by atoms with van der Waals surface area (Å²) >= 11 is 0. The third-order valence-corrected chi connectivity index (χ3v) is 5.65. The molecule has 2 saturated heterocycles. The molecular weight excluding hydrogens is 350 g/mol. The van der Waals surface area contributed by atoms with Crippen LogP contribution in [0.15, 0.2) is 24.3 Å². The Morgan fingerprint density at radius 1 is 1.31 bits per heavy atom. The molecule has 2 N–H and O–H groups in total. The van der Waals surface area contributed by atoms with E-state index in [9.17, 15) is 4.79 Å². The molecule has 2 aliphatic heterocycles. The lowest BCUT2D eigenvalue weighted by Gasteiger charge is -2.36. The number of rotatable bonds is 6. The zero-order valence-electron chi connectivity index (χ0n) is 15.9. The summed E-state index contributed by atoms with van der Waals surface area (Å²) in [7, 11) is 1.66. The molecule has 3 rings (SSSR count). The van der Waals surface area contributed by atoms with Crippen LogP contribution in [0.1, 0.15) is 31.7 Å². The maximum absolute atomic E-state index is 12.4. The van der Waals surface area contributed by atoms with Gasteiger partial charge in [-0.25, -0.2) is 0 Å². The summed E-state index contributed by atoms with van der Waals surface area (Å²) in [4.78, 5) is 15.0. The van der Waals surface area contributed by atoms with Gasteiger partial charge in [-0.15, -0.1) is 12.4 Å². The van der Waals surface area contributed by atoms with Crippen molar-refractivity contribution in [3.05, 3.63) is 29.8 Å². The fourth-order valence-electron chi connectivity index (χ4n) is 3.97. The Balaban J connectivity index is 0.00000243. The van der Waals surface area contributed by atoms with Crippen molar-refractivity contribution in [1.82, 2.24) is 15.5 Å². The molecule has 0 aromatic heterocycles. The molecule has 2 fully saturated rings. The second-order valence-corrected chi connectivity index (χ2v) is 7.85. The lowest BCUT2D eigenvalue weighted by atomic mass is 9.87. The number of piperidine rings is 1. The summed E-state index contributed by atoms with van der Waals surface area (Å²) < 4.78 is 5.16. The summed E-state index contributed by atoms with van der Waals surface area (Å²) in [6.45, 7) is 8.45. The Hall–Kier alpha value is -1.30. The number of carbonyl (C=O) groups excluding carboxylic acids is 1. The standard InChI is InChI=1S/C20H31N3O2.ClH/c1-20(9-10-21-14-20)15-23-11-7-17(8-12-23)19(24)22-13-16-3-5-18(25-2)6-4-16;/h3-6,17,21H,7-15H2,1-2H3,(H,22,24);1H. The minimum Gasteiger partial charge on any atom is -0.497 e. The number of methoxy groups -OCH3 is 1. The van der Waals surface area contributed by atoms with Gasteiger partial charge in [-0.2, -0.15) is 0 Å². The highest BCUT2D eigenvalue weighted by atomic mass is 35.5. The second-order valence-electron chi connectivity index (χ2n) is 7.85. The first kappa shape index (κ1) is 21.0. The van der Waals surface area contributed by atoms with Crippen LogP contribution in [0.3, 0.4) is 0 Å². The van der Waals surface area contributed by atoms with Crippen LogP contribution in [0.4, 0.5) is 0 Å². The molecule has 5 nitrogen and oxygen atoms in total. The zero-order valence-corrected chi connectivity index (χ0v) is 16.7. The van der Waals surface area contributed by atoms with E-state index in [4.69, 9.17) is 4.74 Å². The molecular formula is C20H32ClN3O2. The second kappa shape index (κ2) is 9.58. The van der Waals surface area contributed by atoms with E-state index >= 15 is 0 Å². The molecule has 0 radical (unpaired) electrons. The smallest absolute Gasteiger partial charge is 0.223 e. The number of hydrogen-bond donors (Lipinski definition) is 2. The number of carbonyl (C=O) groups is 1. The van der Waals surface area contributed by atoms with Crippen LogP contribution >= 0.6 is 12.4 Å². The Labute approximate surface area is 163 Å². The number of halogens is 1. The van der Waals surface area contributed by atoms with Crippen LogP contribution in [0.25, 0.3) is 0 Å². The van der Waals surface area contributed by atoms with E-state index in [1.165, 1.54) is 6.42 Å². The molecule has 1 aromatic rings. The van der Waals surface area contributed by atoms with Crippen molar-refractivity contribution >= 4 is 18.3 Å². The molecule has 1 unspecified atom stereocenters. The fourth-order valence-corrected chi connectivity index (χ4v) is 3.97. The first-order valence-corrected chi connectivity index (χ1v) is 9.42. The van der Waals surface area contributed by atoms with Crippen molar-refractivity contribution < 1.29 is 9.53 Å². The maximum atomic E-state index is 12.4. The topological polar surface area (TPSA) is 53.6 Å². The Bertz CT molecular complexity index is 565. The molecule has 146 valence electrons. The van der Waals surface area contributed by atoms with E-state index in [2.05, 4.69) is 22.5 Å². The lowest BCUT2D eigenvalue weighted by Crippen LogP contribution is -2.44. The molecule has 1 aromatic carbocycles. The first-order chi connectivity index (χ1) is 12.1. The molecule has 2 heterocycles. The van der Waals surface area contributed by atoms with Gasteiger partial charge in [-0.1, -0.05) is 19.1 Å². The van der Waals surface area contributed by atoms with Gasteiger partial charge >= 0.3 is 0 Å². The molecule has 6 heteroatoms. The molecule has 0 spiro atoms. The van der Waals surface area contributed by atoms with Crippen molar-refractivity contribution in [2.24, 2.45) is 11.3 Å². The van der Waals surface area contributed by atoms with Crippen LogP contribution in [0.2, 0.25) is 0 Å². The molecule has 26 heavy (non-hydrogen) atoms. The number of nitrogens with zero attached hydrogens (tertiary/aromatic N) is 1. The number of amides is 1. The van der Waals surface area contributed by atoms with Crippen LogP contribution in [0, 0.1) is 11.3 Å². The number of benzene rings is 1. The number of hydrogen-bond acceptors (Lipinski definition) is 4. The average Bonchev–Trinajstić information content (AvgIpc) is 3.07. The quantitative estimate of drug-likeness (QED) is 0.794.